The average Bonchev–Trinajstić information content (AvgIpc) is 2.46. The molecule has 0 saturated carbocycles. The van der Waals surface area contributed by atoms with Gasteiger partial charge in [0.05, 0.1) is 11.5 Å². The molecule has 0 atom stereocenters. The maximum Gasteiger partial charge on any atom is 0.123 e. The highest BCUT2D eigenvalue weighted by atomic mass is 19.1. The van der Waals surface area contributed by atoms with Crippen LogP contribution in [-0.2, 0) is 5.41 Å². The van der Waals surface area contributed by atoms with Gasteiger partial charge in [0.1, 0.15) is 5.82 Å². The number of hydrogen-bond acceptors (Lipinski definition) is 3. The zero-order chi connectivity index (χ0) is 13.7. The topological polar surface area (TPSA) is 53.0 Å². The van der Waals surface area contributed by atoms with Gasteiger partial charge in [-0.15, -0.1) is 0 Å². The van der Waals surface area contributed by atoms with Crippen LogP contribution in [0.5, 0.6) is 0 Å². The summed E-state index contributed by atoms with van der Waals surface area (Å²) in [5.74, 6) is -0.253. The van der Waals surface area contributed by atoms with E-state index in [1.54, 1.807) is 12.1 Å². The van der Waals surface area contributed by atoms with Crippen molar-refractivity contribution in [1.29, 1.82) is 5.26 Å². The standard InChI is InChI=1S/C15H20FN3/c16-14-4-2-13(3-5-14)15(12-18)6-10-19(11-7-15)9-1-8-17/h2-5H,1,6-11,17H2. The first-order valence-corrected chi connectivity index (χ1v) is 6.80. The molecule has 1 aromatic carbocycles. The molecule has 1 aliphatic rings. The summed E-state index contributed by atoms with van der Waals surface area (Å²) < 4.78 is 13.0. The van der Waals surface area contributed by atoms with Crippen molar-refractivity contribution in [2.24, 2.45) is 5.73 Å². The molecular weight excluding hydrogens is 241 g/mol. The summed E-state index contributed by atoms with van der Waals surface area (Å²) in [5.41, 5.74) is 6.00. The molecule has 2 rings (SSSR count). The Kier molecular flexibility index (Phi) is 4.52. The lowest BCUT2D eigenvalue weighted by Crippen LogP contribution is -2.42. The zero-order valence-corrected chi connectivity index (χ0v) is 11.1. The molecule has 102 valence electrons. The second-order valence-corrected chi connectivity index (χ2v) is 5.18. The third-order valence-corrected chi connectivity index (χ3v) is 4.00. The number of nitrogens with zero attached hydrogens (tertiary/aromatic N) is 2. The molecule has 0 unspecified atom stereocenters. The van der Waals surface area contributed by atoms with E-state index >= 15 is 0 Å². The van der Waals surface area contributed by atoms with Gasteiger partial charge in [-0.25, -0.2) is 4.39 Å². The van der Waals surface area contributed by atoms with Crippen LogP contribution in [0.1, 0.15) is 24.8 Å². The van der Waals surface area contributed by atoms with Crippen molar-refractivity contribution in [3.05, 3.63) is 35.6 Å². The van der Waals surface area contributed by atoms with Crippen molar-refractivity contribution < 1.29 is 4.39 Å². The minimum Gasteiger partial charge on any atom is -0.330 e. The summed E-state index contributed by atoms with van der Waals surface area (Å²) in [6.45, 7) is 3.52. The predicted molar refractivity (Wildman–Crippen MR) is 73.0 cm³/mol. The Hall–Kier alpha value is -1.44. The molecule has 1 aliphatic heterocycles. The molecular formula is C15H20FN3. The summed E-state index contributed by atoms with van der Waals surface area (Å²) in [6.07, 6.45) is 2.61. The maximum absolute atomic E-state index is 13.0. The van der Waals surface area contributed by atoms with E-state index in [1.165, 1.54) is 12.1 Å². The Labute approximate surface area is 113 Å². The first kappa shape index (κ1) is 14.0. The molecule has 0 amide bonds. The van der Waals surface area contributed by atoms with Crippen molar-refractivity contribution in [2.45, 2.75) is 24.7 Å². The van der Waals surface area contributed by atoms with Crippen molar-refractivity contribution in [1.82, 2.24) is 4.90 Å². The lowest BCUT2D eigenvalue weighted by atomic mass is 9.74. The molecule has 0 spiro atoms. The number of benzene rings is 1. The first-order chi connectivity index (χ1) is 9.20. The highest BCUT2D eigenvalue weighted by molar-refractivity contribution is 5.33. The molecule has 1 heterocycles. The molecule has 1 fully saturated rings. The average molecular weight is 261 g/mol. The summed E-state index contributed by atoms with van der Waals surface area (Å²) in [6, 6.07) is 8.82. The van der Waals surface area contributed by atoms with Gasteiger partial charge in [-0.05, 0) is 63.1 Å². The Morgan fingerprint density at radius 2 is 1.89 bits per heavy atom. The van der Waals surface area contributed by atoms with Crippen LogP contribution in [0, 0.1) is 17.1 Å². The molecule has 0 bridgehead atoms. The van der Waals surface area contributed by atoms with Gasteiger partial charge >= 0.3 is 0 Å². The fourth-order valence-corrected chi connectivity index (χ4v) is 2.71. The quantitative estimate of drug-likeness (QED) is 0.902. The van der Waals surface area contributed by atoms with Crippen LogP contribution < -0.4 is 5.73 Å². The molecule has 1 saturated heterocycles. The maximum atomic E-state index is 13.0. The third kappa shape index (κ3) is 3.12. The van der Waals surface area contributed by atoms with Crippen LogP contribution in [0.4, 0.5) is 4.39 Å². The second-order valence-electron chi connectivity index (χ2n) is 5.18. The summed E-state index contributed by atoms with van der Waals surface area (Å²) in [7, 11) is 0. The molecule has 2 N–H and O–H groups in total. The first-order valence-electron chi connectivity index (χ1n) is 6.80. The van der Waals surface area contributed by atoms with Crippen LogP contribution in [-0.4, -0.2) is 31.1 Å². The van der Waals surface area contributed by atoms with Gasteiger partial charge in [-0.3, -0.25) is 0 Å². The van der Waals surface area contributed by atoms with E-state index in [2.05, 4.69) is 11.0 Å². The lowest BCUT2D eigenvalue weighted by molar-refractivity contribution is 0.185. The van der Waals surface area contributed by atoms with Crippen molar-refractivity contribution in [3.8, 4) is 6.07 Å². The third-order valence-electron chi connectivity index (χ3n) is 4.00. The van der Waals surface area contributed by atoms with Crippen molar-refractivity contribution in [2.75, 3.05) is 26.2 Å². The predicted octanol–water partition coefficient (Wildman–Crippen LogP) is 2.03. The van der Waals surface area contributed by atoms with Gasteiger partial charge < -0.3 is 10.6 Å². The van der Waals surface area contributed by atoms with Gasteiger partial charge in [-0.2, -0.15) is 5.26 Å². The van der Waals surface area contributed by atoms with Gasteiger partial charge in [0.25, 0.3) is 0 Å². The van der Waals surface area contributed by atoms with Gasteiger partial charge in [0.15, 0.2) is 0 Å². The summed E-state index contributed by atoms with van der Waals surface area (Å²) in [5, 5.41) is 9.54. The molecule has 1 aromatic rings. The monoisotopic (exact) mass is 261 g/mol. The number of halogens is 1. The van der Waals surface area contributed by atoms with E-state index in [4.69, 9.17) is 5.73 Å². The van der Waals surface area contributed by atoms with Crippen LogP contribution >= 0.6 is 0 Å². The lowest BCUT2D eigenvalue weighted by Gasteiger charge is -2.37. The molecule has 4 heteroatoms. The number of hydrogen-bond donors (Lipinski definition) is 1. The molecule has 0 aromatic heterocycles. The molecule has 19 heavy (non-hydrogen) atoms. The Bertz CT molecular complexity index is 441. The van der Waals surface area contributed by atoms with E-state index in [0.29, 0.717) is 6.54 Å². The Morgan fingerprint density at radius 3 is 2.42 bits per heavy atom. The normalized spacial score (nSPS) is 19.0. The molecule has 3 nitrogen and oxygen atoms in total. The molecule has 0 aliphatic carbocycles. The van der Waals surface area contributed by atoms with Crippen molar-refractivity contribution >= 4 is 0 Å². The van der Waals surface area contributed by atoms with E-state index < -0.39 is 5.41 Å². The van der Waals surface area contributed by atoms with Crippen LogP contribution in [0.3, 0.4) is 0 Å². The van der Waals surface area contributed by atoms with E-state index in [0.717, 1.165) is 44.5 Å². The Morgan fingerprint density at radius 1 is 1.26 bits per heavy atom. The Balaban J connectivity index is 2.06. The number of nitrogens with two attached hydrogens (primary N) is 1. The van der Waals surface area contributed by atoms with Crippen LogP contribution in [0.15, 0.2) is 24.3 Å². The minimum absolute atomic E-state index is 0.253. The van der Waals surface area contributed by atoms with Crippen LogP contribution in [0.2, 0.25) is 0 Å². The number of nitriles is 1. The van der Waals surface area contributed by atoms with Gasteiger partial charge in [0, 0.05) is 0 Å². The summed E-state index contributed by atoms with van der Waals surface area (Å²) >= 11 is 0. The fourth-order valence-electron chi connectivity index (χ4n) is 2.71. The summed E-state index contributed by atoms with van der Waals surface area (Å²) in [4.78, 5) is 2.35. The van der Waals surface area contributed by atoms with E-state index in [9.17, 15) is 9.65 Å². The number of likely N-dealkylation sites (tertiary alicyclic amines) is 1. The smallest absolute Gasteiger partial charge is 0.123 e. The van der Waals surface area contributed by atoms with E-state index in [1.807, 2.05) is 0 Å². The zero-order valence-electron chi connectivity index (χ0n) is 11.1. The fraction of sp³-hybridized carbons (Fsp3) is 0.533. The van der Waals surface area contributed by atoms with E-state index in [-0.39, 0.29) is 5.82 Å². The molecule has 0 radical (unpaired) electrons. The second kappa shape index (κ2) is 6.14. The largest absolute Gasteiger partial charge is 0.330 e. The van der Waals surface area contributed by atoms with Crippen molar-refractivity contribution in [3.63, 3.8) is 0 Å². The highest BCUT2D eigenvalue weighted by Gasteiger charge is 2.36. The van der Waals surface area contributed by atoms with Gasteiger partial charge in [0.2, 0.25) is 0 Å². The van der Waals surface area contributed by atoms with Crippen LogP contribution in [0.25, 0.3) is 0 Å². The number of piperidine rings is 1. The minimum atomic E-state index is -0.451. The number of rotatable bonds is 4. The highest BCUT2D eigenvalue weighted by Crippen LogP contribution is 2.34. The SMILES string of the molecule is N#CC1(c2ccc(F)cc2)CCN(CCCN)CC1. The van der Waals surface area contributed by atoms with Gasteiger partial charge in [-0.1, -0.05) is 12.1 Å².